The minimum Gasteiger partial charge on any atom is -0.385 e. The highest BCUT2D eigenvalue weighted by Crippen LogP contribution is 2.33. The first kappa shape index (κ1) is 19.0. The minimum atomic E-state index is -0.751. The monoisotopic (exact) mass is 371 g/mol. The molecule has 138 valence electrons. The predicted molar refractivity (Wildman–Crippen MR) is 104 cm³/mol. The zero-order chi connectivity index (χ0) is 18.6. The molecule has 5 heteroatoms. The summed E-state index contributed by atoms with van der Waals surface area (Å²) >= 11 is 5.95. The molecule has 0 spiro atoms. The maximum atomic E-state index is 10.9. The Labute approximate surface area is 160 Å². The van der Waals surface area contributed by atoms with Crippen molar-refractivity contribution >= 4 is 11.6 Å². The molecule has 1 fully saturated rings. The van der Waals surface area contributed by atoms with Gasteiger partial charge >= 0.3 is 0 Å². The molecule has 0 aliphatic carbocycles. The predicted octanol–water partition coefficient (Wildman–Crippen LogP) is 4.05. The van der Waals surface area contributed by atoms with E-state index in [0.717, 1.165) is 56.6 Å². The van der Waals surface area contributed by atoms with Gasteiger partial charge in [-0.3, -0.25) is 0 Å². The summed E-state index contributed by atoms with van der Waals surface area (Å²) < 4.78 is 2.03. The summed E-state index contributed by atoms with van der Waals surface area (Å²) in [4.78, 5) is 2.39. The Kier molecular flexibility index (Phi) is 6.03. The number of likely N-dealkylation sites (tertiary alicyclic amines) is 1. The van der Waals surface area contributed by atoms with Crippen molar-refractivity contribution in [2.24, 2.45) is 7.05 Å². The van der Waals surface area contributed by atoms with Crippen LogP contribution in [0.1, 0.15) is 42.9 Å². The van der Waals surface area contributed by atoms with Gasteiger partial charge in [-0.15, -0.1) is 0 Å². The van der Waals surface area contributed by atoms with Gasteiger partial charge in [0.25, 0.3) is 0 Å². The van der Waals surface area contributed by atoms with E-state index in [1.807, 2.05) is 54.2 Å². The first-order valence-corrected chi connectivity index (χ1v) is 9.61. The van der Waals surface area contributed by atoms with E-state index in [0.29, 0.717) is 5.02 Å². The quantitative estimate of drug-likeness (QED) is 0.833. The molecule has 4 nitrogen and oxygen atoms in total. The lowest BCUT2D eigenvalue weighted by Gasteiger charge is -2.38. The number of rotatable bonds is 6. The number of piperidine rings is 1. The van der Waals surface area contributed by atoms with Crippen LogP contribution in [0, 0.1) is 11.3 Å². The summed E-state index contributed by atoms with van der Waals surface area (Å²) in [6.07, 6.45) is 5.30. The van der Waals surface area contributed by atoms with Crippen LogP contribution in [0.25, 0.3) is 0 Å². The van der Waals surface area contributed by atoms with E-state index in [2.05, 4.69) is 11.0 Å². The van der Waals surface area contributed by atoms with Crippen LogP contribution in [0.2, 0.25) is 5.02 Å². The maximum absolute atomic E-state index is 10.9. The largest absolute Gasteiger partial charge is 0.385 e. The van der Waals surface area contributed by atoms with Gasteiger partial charge in [-0.05, 0) is 62.1 Å². The minimum absolute atomic E-state index is 0.0502. The highest BCUT2D eigenvalue weighted by atomic mass is 35.5. The van der Waals surface area contributed by atoms with Crippen molar-refractivity contribution in [3.8, 4) is 6.07 Å². The molecule has 1 aliphatic rings. The van der Waals surface area contributed by atoms with E-state index in [-0.39, 0.29) is 5.92 Å². The van der Waals surface area contributed by atoms with Crippen LogP contribution in [-0.4, -0.2) is 34.2 Å². The van der Waals surface area contributed by atoms with Gasteiger partial charge in [-0.2, -0.15) is 5.26 Å². The van der Waals surface area contributed by atoms with Crippen molar-refractivity contribution in [1.29, 1.82) is 5.26 Å². The molecule has 1 aromatic carbocycles. The van der Waals surface area contributed by atoms with Crippen molar-refractivity contribution in [2.45, 2.75) is 37.2 Å². The number of nitriles is 1. The molecule has 1 saturated heterocycles. The van der Waals surface area contributed by atoms with E-state index in [1.54, 1.807) is 0 Å². The van der Waals surface area contributed by atoms with Crippen LogP contribution in [0.15, 0.2) is 42.6 Å². The Hall–Kier alpha value is -1.80. The fraction of sp³-hybridized carbons (Fsp3) is 0.476. The second-order valence-corrected chi connectivity index (χ2v) is 7.68. The Morgan fingerprint density at radius 3 is 2.50 bits per heavy atom. The summed E-state index contributed by atoms with van der Waals surface area (Å²) in [6, 6.07) is 14.0. The van der Waals surface area contributed by atoms with Crippen molar-refractivity contribution in [3.63, 3.8) is 0 Å². The molecule has 2 heterocycles. The molecule has 1 unspecified atom stereocenters. The molecular weight excluding hydrogens is 346 g/mol. The standard InChI is InChI=1S/C21H26ClN3O/c1-24-12-3-5-20(24)17(16-23)4-2-13-25-14-10-21(26,11-15-25)18-6-8-19(22)9-7-18/h3,5-9,12,17,26H,2,4,10-11,13-15H2,1H3. The van der Waals surface area contributed by atoms with Gasteiger partial charge in [-0.1, -0.05) is 23.7 Å². The average molecular weight is 372 g/mol. The smallest absolute Gasteiger partial charge is 0.0920 e. The molecule has 0 amide bonds. The van der Waals surface area contributed by atoms with Crippen LogP contribution in [0.3, 0.4) is 0 Å². The molecule has 1 N–H and O–H groups in total. The number of aryl methyl sites for hydroxylation is 1. The lowest BCUT2D eigenvalue weighted by Crippen LogP contribution is -2.42. The van der Waals surface area contributed by atoms with E-state index in [9.17, 15) is 10.4 Å². The molecule has 0 radical (unpaired) electrons. The van der Waals surface area contributed by atoms with E-state index in [1.165, 1.54) is 0 Å². The third-order valence-electron chi connectivity index (χ3n) is 5.53. The number of halogens is 1. The zero-order valence-corrected chi connectivity index (χ0v) is 16.0. The molecular formula is C21H26ClN3O. The highest BCUT2D eigenvalue weighted by Gasteiger charge is 2.33. The van der Waals surface area contributed by atoms with Crippen molar-refractivity contribution in [1.82, 2.24) is 9.47 Å². The lowest BCUT2D eigenvalue weighted by atomic mass is 9.84. The first-order valence-electron chi connectivity index (χ1n) is 9.23. The third-order valence-corrected chi connectivity index (χ3v) is 5.78. The highest BCUT2D eigenvalue weighted by molar-refractivity contribution is 6.30. The van der Waals surface area contributed by atoms with Crippen LogP contribution >= 0.6 is 11.6 Å². The van der Waals surface area contributed by atoms with Gasteiger partial charge < -0.3 is 14.6 Å². The van der Waals surface area contributed by atoms with Gasteiger partial charge in [0.2, 0.25) is 0 Å². The number of hydrogen-bond acceptors (Lipinski definition) is 3. The fourth-order valence-electron chi connectivity index (χ4n) is 3.83. The zero-order valence-electron chi connectivity index (χ0n) is 15.2. The van der Waals surface area contributed by atoms with Gasteiger partial charge in [0.05, 0.1) is 17.6 Å². The molecule has 2 aromatic rings. The van der Waals surface area contributed by atoms with Crippen molar-refractivity contribution in [3.05, 3.63) is 58.9 Å². The second kappa shape index (κ2) is 8.26. The second-order valence-electron chi connectivity index (χ2n) is 7.25. The SMILES string of the molecule is Cn1cccc1C(C#N)CCCN1CCC(O)(c2ccc(Cl)cc2)CC1. The van der Waals surface area contributed by atoms with E-state index < -0.39 is 5.60 Å². The Balaban J connectivity index is 1.48. The third kappa shape index (κ3) is 4.29. The number of nitrogens with zero attached hydrogens (tertiary/aromatic N) is 3. The number of benzene rings is 1. The summed E-state index contributed by atoms with van der Waals surface area (Å²) in [5.41, 5.74) is 1.29. The molecule has 0 bridgehead atoms. The summed E-state index contributed by atoms with van der Waals surface area (Å²) in [6.45, 7) is 2.72. The molecule has 1 atom stereocenters. The summed E-state index contributed by atoms with van der Waals surface area (Å²) in [7, 11) is 1.99. The summed E-state index contributed by atoms with van der Waals surface area (Å²) in [5.74, 6) is -0.0502. The van der Waals surface area contributed by atoms with Crippen LogP contribution < -0.4 is 0 Å². The fourth-order valence-corrected chi connectivity index (χ4v) is 3.96. The lowest BCUT2D eigenvalue weighted by molar-refractivity contribution is -0.0261. The van der Waals surface area contributed by atoms with Gasteiger partial charge in [-0.25, -0.2) is 0 Å². The van der Waals surface area contributed by atoms with Gasteiger partial charge in [0, 0.05) is 37.1 Å². The van der Waals surface area contributed by atoms with E-state index >= 15 is 0 Å². The molecule has 26 heavy (non-hydrogen) atoms. The Morgan fingerprint density at radius 2 is 1.92 bits per heavy atom. The molecule has 3 rings (SSSR count). The first-order chi connectivity index (χ1) is 12.5. The van der Waals surface area contributed by atoms with Crippen LogP contribution in [0.5, 0.6) is 0 Å². The number of aliphatic hydroxyl groups is 1. The number of aromatic nitrogens is 1. The normalized spacial score (nSPS) is 18.4. The van der Waals surface area contributed by atoms with Gasteiger partial charge in [0.1, 0.15) is 0 Å². The topological polar surface area (TPSA) is 52.2 Å². The summed E-state index contributed by atoms with van der Waals surface area (Å²) in [5, 5.41) is 21.1. The van der Waals surface area contributed by atoms with Crippen molar-refractivity contribution in [2.75, 3.05) is 19.6 Å². The maximum Gasteiger partial charge on any atom is 0.0920 e. The average Bonchev–Trinajstić information content (AvgIpc) is 3.07. The molecule has 1 aliphatic heterocycles. The Morgan fingerprint density at radius 1 is 1.23 bits per heavy atom. The van der Waals surface area contributed by atoms with Gasteiger partial charge in [0.15, 0.2) is 0 Å². The van der Waals surface area contributed by atoms with E-state index in [4.69, 9.17) is 11.6 Å². The molecule has 0 saturated carbocycles. The molecule has 1 aromatic heterocycles. The Bertz CT molecular complexity index is 754. The van der Waals surface area contributed by atoms with Crippen LogP contribution in [0.4, 0.5) is 0 Å². The number of hydrogen-bond donors (Lipinski definition) is 1. The van der Waals surface area contributed by atoms with Crippen molar-refractivity contribution < 1.29 is 5.11 Å². The van der Waals surface area contributed by atoms with Crippen LogP contribution in [-0.2, 0) is 12.6 Å².